The van der Waals surface area contributed by atoms with Gasteiger partial charge in [-0.05, 0) is 29.5 Å². The van der Waals surface area contributed by atoms with E-state index in [4.69, 9.17) is 4.74 Å². The zero-order valence-corrected chi connectivity index (χ0v) is 11.3. The van der Waals surface area contributed by atoms with E-state index in [2.05, 4.69) is 35.9 Å². The molecule has 2 unspecified atom stereocenters. The van der Waals surface area contributed by atoms with Crippen molar-refractivity contribution >= 4 is 0 Å². The standard InChI is InChI=1S/C15H22N2O/c1-15(2)11-13(12-3-5-16-6-4-12)14(15)17-7-9-18-10-8-17/h3-6,13-14H,7-11H2,1-2H3. The third-order valence-electron chi connectivity index (χ3n) is 4.50. The average Bonchev–Trinajstić information content (AvgIpc) is 2.38. The van der Waals surface area contributed by atoms with E-state index in [9.17, 15) is 0 Å². The van der Waals surface area contributed by atoms with E-state index in [1.54, 1.807) is 0 Å². The smallest absolute Gasteiger partial charge is 0.0594 e. The van der Waals surface area contributed by atoms with Crippen molar-refractivity contribution in [1.29, 1.82) is 0 Å². The number of nitrogens with zero attached hydrogens (tertiary/aromatic N) is 2. The quantitative estimate of drug-likeness (QED) is 0.800. The maximum absolute atomic E-state index is 5.48. The van der Waals surface area contributed by atoms with Gasteiger partial charge in [-0.3, -0.25) is 9.88 Å². The molecule has 1 aliphatic heterocycles. The Morgan fingerprint density at radius 1 is 1.22 bits per heavy atom. The summed E-state index contributed by atoms with van der Waals surface area (Å²) in [7, 11) is 0. The Bertz CT molecular complexity index is 398. The lowest BCUT2D eigenvalue weighted by atomic mass is 9.57. The third-order valence-corrected chi connectivity index (χ3v) is 4.50. The predicted octanol–water partition coefficient (Wildman–Crippen LogP) is 2.30. The highest BCUT2D eigenvalue weighted by molar-refractivity contribution is 5.25. The summed E-state index contributed by atoms with van der Waals surface area (Å²) in [6, 6.07) is 5.00. The molecule has 1 aromatic rings. The van der Waals surface area contributed by atoms with Gasteiger partial charge in [0.1, 0.15) is 0 Å². The van der Waals surface area contributed by atoms with E-state index in [-0.39, 0.29) is 0 Å². The molecule has 0 spiro atoms. The number of hydrogen-bond donors (Lipinski definition) is 0. The van der Waals surface area contributed by atoms with Gasteiger partial charge < -0.3 is 4.74 Å². The van der Waals surface area contributed by atoms with Crippen molar-refractivity contribution in [2.75, 3.05) is 26.3 Å². The van der Waals surface area contributed by atoms with E-state index < -0.39 is 0 Å². The van der Waals surface area contributed by atoms with Gasteiger partial charge in [-0.2, -0.15) is 0 Å². The van der Waals surface area contributed by atoms with Gasteiger partial charge in [-0.15, -0.1) is 0 Å². The van der Waals surface area contributed by atoms with Crippen molar-refractivity contribution in [1.82, 2.24) is 9.88 Å². The lowest BCUT2D eigenvalue weighted by molar-refractivity contribution is -0.0712. The van der Waals surface area contributed by atoms with Crippen LogP contribution in [0.1, 0.15) is 31.7 Å². The molecule has 0 aromatic carbocycles. The third kappa shape index (κ3) is 2.06. The largest absolute Gasteiger partial charge is 0.379 e. The van der Waals surface area contributed by atoms with Crippen LogP contribution in [0, 0.1) is 5.41 Å². The number of aromatic nitrogens is 1. The Kier molecular flexibility index (Phi) is 3.12. The first-order chi connectivity index (χ1) is 8.68. The Balaban J connectivity index is 1.80. The molecule has 1 aliphatic carbocycles. The molecule has 0 N–H and O–H groups in total. The topological polar surface area (TPSA) is 25.4 Å². The van der Waals surface area contributed by atoms with Crippen LogP contribution in [0.5, 0.6) is 0 Å². The highest BCUT2D eigenvalue weighted by Crippen LogP contribution is 2.53. The van der Waals surface area contributed by atoms with Gasteiger partial charge in [0.2, 0.25) is 0 Å². The lowest BCUT2D eigenvalue weighted by Crippen LogP contribution is -2.60. The van der Waals surface area contributed by atoms with Gasteiger partial charge in [0.25, 0.3) is 0 Å². The molecule has 0 radical (unpaired) electrons. The molecule has 1 saturated heterocycles. The summed E-state index contributed by atoms with van der Waals surface area (Å²) in [5.41, 5.74) is 1.87. The van der Waals surface area contributed by atoms with Gasteiger partial charge in [-0.1, -0.05) is 13.8 Å². The fraction of sp³-hybridized carbons (Fsp3) is 0.667. The molecule has 1 saturated carbocycles. The van der Waals surface area contributed by atoms with Gasteiger partial charge in [0.15, 0.2) is 0 Å². The molecule has 0 amide bonds. The maximum Gasteiger partial charge on any atom is 0.0594 e. The van der Waals surface area contributed by atoms with Crippen LogP contribution in [0.3, 0.4) is 0 Å². The minimum atomic E-state index is 0.422. The summed E-state index contributed by atoms with van der Waals surface area (Å²) >= 11 is 0. The fourth-order valence-electron chi connectivity index (χ4n) is 3.70. The molecular formula is C15H22N2O. The highest BCUT2D eigenvalue weighted by Gasteiger charge is 2.50. The minimum absolute atomic E-state index is 0.422. The van der Waals surface area contributed by atoms with Crippen molar-refractivity contribution in [2.24, 2.45) is 5.41 Å². The summed E-state index contributed by atoms with van der Waals surface area (Å²) < 4.78 is 5.48. The van der Waals surface area contributed by atoms with Crippen LogP contribution in [-0.2, 0) is 4.74 Å². The van der Waals surface area contributed by atoms with E-state index in [0.29, 0.717) is 17.4 Å². The van der Waals surface area contributed by atoms with E-state index in [1.807, 2.05) is 12.4 Å². The van der Waals surface area contributed by atoms with Crippen LogP contribution in [-0.4, -0.2) is 42.2 Å². The molecule has 0 bridgehead atoms. The molecule has 98 valence electrons. The first kappa shape index (κ1) is 12.1. The zero-order chi connectivity index (χ0) is 12.6. The first-order valence-electron chi connectivity index (χ1n) is 6.90. The summed E-state index contributed by atoms with van der Waals surface area (Å²) in [5.74, 6) is 0.668. The van der Waals surface area contributed by atoms with E-state index in [1.165, 1.54) is 12.0 Å². The molecule has 2 atom stereocenters. The second kappa shape index (κ2) is 4.63. The molecule has 3 rings (SSSR count). The zero-order valence-electron chi connectivity index (χ0n) is 11.3. The maximum atomic E-state index is 5.48. The van der Waals surface area contributed by atoms with Crippen molar-refractivity contribution in [3.8, 4) is 0 Å². The van der Waals surface area contributed by atoms with E-state index in [0.717, 1.165) is 26.3 Å². The molecule has 3 heteroatoms. The van der Waals surface area contributed by atoms with Gasteiger partial charge >= 0.3 is 0 Å². The predicted molar refractivity (Wildman–Crippen MR) is 71.6 cm³/mol. The van der Waals surface area contributed by atoms with Crippen LogP contribution in [0.15, 0.2) is 24.5 Å². The van der Waals surface area contributed by atoms with Crippen molar-refractivity contribution in [3.05, 3.63) is 30.1 Å². The molecule has 18 heavy (non-hydrogen) atoms. The highest BCUT2D eigenvalue weighted by atomic mass is 16.5. The van der Waals surface area contributed by atoms with Crippen molar-refractivity contribution in [2.45, 2.75) is 32.2 Å². The number of morpholine rings is 1. The van der Waals surface area contributed by atoms with Crippen LogP contribution in [0.4, 0.5) is 0 Å². The molecular weight excluding hydrogens is 224 g/mol. The van der Waals surface area contributed by atoms with Gasteiger partial charge in [-0.25, -0.2) is 0 Å². The summed E-state index contributed by atoms with van der Waals surface area (Å²) in [6.07, 6.45) is 5.10. The molecule has 3 nitrogen and oxygen atoms in total. The van der Waals surface area contributed by atoms with Gasteiger partial charge in [0.05, 0.1) is 13.2 Å². The van der Waals surface area contributed by atoms with Crippen LogP contribution >= 0.6 is 0 Å². The minimum Gasteiger partial charge on any atom is -0.379 e. The van der Waals surface area contributed by atoms with Crippen LogP contribution < -0.4 is 0 Å². The number of ether oxygens (including phenoxy) is 1. The lowest BCUT2D eigenvalue weighted by Gasteiger charge is -2.57. The van der Waals surface area contributed by atoms with Crippen LogP contribution in [0.25, 0.3) is 0 Å². The van der Waals surface area contributed by atoms with Gasteiger partial charge in [0, 0.05) is 37.4 Å². The van der Waals surface area contributed by atoms with Crippen LogP contribution in [0.2, 0.25) is 0 Å². The molecule has 2 heterocycles. The molecule has 2 aliphatic rings. The van der Waals surface area contributed by atoms with E-state index >= 15 is 0 Å². The van der Waals surface area contributed by atoms with Crippen molar-refractivity contribution < 1.29 is 4.74 Å². The Morgan fingerprint density at radius 2 is 1.89 bits per heavy atom. The second-order valence-corrected chi connectivity index (χ2v) is 6.17. The monoisotopic (exact) mass is 246 g/mol. The summed E-state index contributed by atoms with van der Waals surface area (Å²) in [6.45, 7) is 8.71. The normalized spacial score (nSPS) is 31.9. The number of hydrogen-bond acceptors (Lipinski definition) is 3. The second-order valence-electron chi connectivity index (χ2n) is 6.17. The fourth-order valence-corrected chi connectivity index (χ4v) is 3.70. The first-order valence-corrected chi connectivity index (χ1v) is 6.90. The number of pyridine rings is 1. The summed E-state index contributed by atoms with van der Waals surface area (Å²) in [4.78, 5) is 6.75. The number of rotatable bonds is 2. The Labute approximate surface area is 109 Å². The summed E-state index contributed by atoms with van der Waals surface area (Å²) in [5, 5.41) is 0. The average molecular weight is 246 g/mol. The van der Waals surface area contributed by atoms with Crippen molar-refractivity contribution in [3.63, 3.8) is 0 Å². The molecule has 2 fully saturated rings. The molecule has 1 aromatic heterocycles. The Hall–Kier alpha value is -0.930. The Morgan fingerprint density at radius 3 is 2.50 bits per heavy atom. The SMILES string of the molecule is CC1(C)CC(c2ccncc2)C1N1CCOCC1.